The number of aliphatic hydroxyl groups excluding tert-OH is 3. The molecule has 0 aliphatic rings. The second kappa shape index (κ2) is 9.47. The van der Waals surface area contributed by atoms with Crippen molar-refractivity contribution in [1.82, 2.24) is 0 Å². The van der Waals surface area contributed by atoms with E-state index in [-0.39, 0.29) is 18.1 Å². The second-order valence-electron chi connectivity index (χ2n) is 4.82. The summed E-state index contributed by atoms with van der Waals surface area (Å²) < 4.78 is 5.03. The van der Waals surface area contributed by atoms with Gasteiger partial charge in [-0.25, -0.2) is 4.79 Å². The van der Waals surface area contributed by atoms with Crippen LogP contribution in [0.25, 0.3) is 0 Å². The molecule has 0 unspecified atom stereocenters. The number of hydrogen-bond acceptors (Lipinski definition) is 5. The summed E-state index contributed by atoms with van der Waals surface area (Å²) in [6.07, 6.45) is 4.52. The average molecular weight is 284 g/mol. The highest BCUT2D eigenvalue weighted by molar-refractivity contribution is 5.88. The third kappa shape index (κ3) is 5.28. The van der Waals surface area contributed by atoms with E-state index in [4.69, 9.17) is 20.1 Å². The molecule has 3 N–H and O–H groups in total. The molecule has 0 aliphatic carbocycles. The molecule has 20 heavy (non-hydrogen) atoms. The Morgan fingerprint density at radius 3 is 1.90 bits per heavy atom. The number of carbonyl (C=O) groups excluding carboxylic acids is 1. The number of hydrogen-bond donors (Lipinski definition) is 3. The van der Waals surface area contributed by atoms with Crippen LogP contribution in [-0.4, -0.2) is 47.7 Å². The van der Waals surface area contributed by atoms with Gasteiger partial charge in [-0.2, -0.15) is 0 Å². The van der Waals surface area contributed by atoms with Crippen LogP contribution in [0.1, 0.15) is 12.8 Å². The van der Waals surface area contributed by atoms with Gasteiger partial charge in [0.15, 0.2) is 0 Å². The fourth-order valence-corrected chi connectivity index (χ4v) is 1.55. The maximum atomic E-state index is 11.9. The van der Waals surface area contributed by atoms with Crippen molar-refractivity contribution < 1.29 is 24.9 Å². The maximum absolute atomic E-state index is 11.9. The van der Waals surface area contributed by atoms with E-state index < -0.39 is 31.2 Å². The summed E-state index contributed by atoms with van der Waals surface area (Å²) in [5.74, 6) is -0.747. The Hall–Kier alpha value is -1.43. The summed E-state index contributed by atoms with van der Waals surface area (Å²) in [5.41, 5.74) is -0.949. The lowest BCUT2D eigenvalue weighted by atomic mass is 9.91. The Morgan fingerprint density at radius 1 is 1.10 bits per heavy atom. The Morgan fingerprint density at radius 2 is 1.55 bits per heavy atom. The van der Waals surface area contributed by atoms with Gasteiger partial charge in [-0.15, -0.1) is 13.2 Å². The molecule has 0 bridgehead atoms. The van der Waals surface area contributed by atoms with Gasteiger partial charge >= 0.3 is 5.97 Å². The first-order valence-electron chi connectivity index (χ1n) is 6.40. The molecular weight excluding hydrogens is 260 g/mol. The van der Waals surface area contributed by atoms with E-state index >= 15 is 0 Å². The summed E-state index contributed by atoms with van der Waals surface area (Å²) in [6.45, 7) is 9.23. The van der Waals surface area contributed by atoms with Crippen molar-refractivity contribution in [3.8, 4) is 0 Å². The van der Waals surface area contributed by atoms with Crippen LogP contribution in [0.15, 0.2) is 37.5 Å². The molecule has 0 spiro atoms. The van der Waals surface area contributed by atoms with Crippen molar-refractivity contribution in [2.75, 3.05) is 26.4 Å². The number of rotatable bonds is 11. The zero-order valence-electron chi connectivity index (χ0n) is 11.8. The molecule has 5 heteroatoms. The first-order valence-corrected chi connectivity index (χ1v) is 6.40. The van der Waals surface area contributed by atoms with Gasteiger partial charge in [0.1, 0.15) is 6.61 Å². The number of allylic oxidation sites excluding steroid dienone is 2. The van der Waals surface area contributed by atoms with Crippen molar-refractivity contribution in [2.45, 2.75) is 12.8 Å². The third-order valence-corrected chi connectivity index (χ3v) is 3.17. The zero-order chi connectivity index (χ0) is 15.6. The molecular formula is C15H24O5. The van der Waals surface area contributed by atoms with Crippen molar-refractivity contribution in [3.63, 3.8) is 0 Å². The van der Waals surface area contributed by atoms with Crippen molar-refractivity contribution in [1.29, 1.82) is 0 Å². The van der Waals surface area contributed by atoms with Crippen molar-refractivity contribution >= 4 is 5.97 Å². The molecule has 0 aliphatic heterocycles. The number of ether oxygens (including phenoxy) is 1. The predicted molar refractivity (Wildman–Crippen MR) is 76.9 cm³/mol. The topological polar surface area (TPSA) is 87.0 Å². The first kappa shape index (κ1) is 18.6. The standard InChI is InChI=1S/C15H24O5/c1-4-6-13(7-5-2)12(3)14(19)20-11-15(8-16,9-17)10-18/h4-5,13,16-18H,1-3,6-11H2. The first-order chi connectivity index (χ1) is 9.50. The predicted octanol–water partition coefficient (Wildman–Crippen LogP) is 0.817. The van der Waals surface area contributed by atoms with Gasteiger partial charge in [-0.05, 0) is 18.8 Å². The highest BCUT2D eigenvalue weighted by Crippen LogP contribution is 2.22. The van der Waals surface area contributed by atoms with Crippen molar-refractivity contribution in [3.05, 3.63) is 37.5 Å². The van der Waals surface area contributed by atoms with Crippen LogP contribution in [0.3, 0.4) is 0 Å². The Labute approximate surface area is 119 Å². The largest absolute Gasteiger partial charge is 0.461 e. The number of esters is 1. The molecule has 0 aromatic carbocycles. The lowest BCUT2D eigenvalue weighted by Crippen LogP contribution is -2.39. The minimum absolute atomic E-state index is 0.135. The van der Waals surface area contributed by atoms with Gasteiger partial charge in [0.2, 0.25) is 0 Å². The summed E-state index contributed by atoms with van der Waals surface area (Å²) in [7, 11) is 0. The Balaban J connectivity index is 4.62. The van der Waals surface area contributed by atoms with Gasteiger partial charge in [0, 0.05) is 5.57 Å². The van der Waals surface area contributed by atoms with E-state index in [9.17, 15) is 4.79 Å². The van der Waals surface area contributed by atoms with Gasteiger partial charge < -0.3 is 20.1 Å². The fourth-order valence-electron chi connectivity index (χ4n) is 1.55. The minimum Gasteiger partial charge on any atom is -0.461 e. The van der Waals surface area contributed by atoms with Crippen LogP contribution >= 0.6 is 0 Å². The molecule has 0 aromatic heterocycles. The molecule has 0 radical (unpaired) electrons. The van der Waals surface area contributed by atoms with Gasteiger partial charge in [-0.1, -0.05) is 18.7 Å². The molecule has 0 aromatic rings. The average Bonchev–Trinajstić information content (AvgIpc) is 2.48. The van der Waals surface area contributed by atoms with Gasteiger partial charge in [-0.3, -0.25) is 0 Å². The van der Waals surface area contributed by atoms with Crippen LogP contribution < -0.4 is 0 Å². The van der Waals surface area contributed by atoms with Crippen LogP contribution in [0.2, 0.25) is 0 Å². The number of carbonyl (C=O) groups is 1. The quantitative estimate of drug-likeness (QED) is 0.297. The molecule has 0 saturated carbocycles. The normalized spacial score (nSPS) is 11.2. The van der Waals surface area contributed by atoms with Crippen LogP contribution in [0, 0.1) is 11.3 Å². The molecule has 5 nitrogen and oxygen atoms in total. The molecule has 0 heterocycles. The van der Waals surface area contributed by atoms with E-state index in [1.54, 1.807) is 12.2 Å². The van der Waals surface area contributed by atoms with Crippen LogP contribution in [-0.2, 0) is 9.53 Å². The summed E-state index contributed by atoms with van der Waals surface area (Å²) >= 11 is 0. The maximum Gasteiger partial charge on any atom is 0.333 e. The van der Waals surface area contributed by atoms with Crippen LogP contribution in [0.4, 0.5) is 0 Å². The van der Waals surface area contributed by atoms with E-state index in [0.717, 1.165) is 0 Å². The highest BCUT2D eigenvalue weighted by Gasteiger charge is 2.31. The summed E-state index contributed by atoms with van der Waals surface area (Å²) in [5, 5.41) is 27.4. The van der Waals surface area contributed by atoms with Gasteiger partial charge in [0.25, 0.3) is 0 Å². The van der Waals surface area contributed by atoms with Crippen LogP contribution in [0.5, 0.6) is 0 Å². The number of aliphatic hydroxyl groups is 3. The fraction of sp³-hybridized carbons (Fsp3) is 0.533. The van der Waals surface area contributed by atoms with E-state index in [2.05, 4.69) is 19.7 Å². The molecule has 0 fully saturated rings. The third-order valence-electron chi connectivity index (χ3n) is 3.17. The molecule has 114 valence electrons. The molecule has 0 atom stereocenters. The monoisotopic (exact) mass is 284 g/mol. The second-order valence-corrected chi connectivity index (χ2v) is 4.82. The molecule has 0 saturated heterocycles. The van der Waals surface area contributed by atoms with Crippen molar-refractivity contribution in [2.24, 2.45) is 11.3 Å². The Kier molecular flexibility index (Phi) is 8.79. The SMILES string of the molecule is C=CCC(CC=C)C(=C)C(=O)OCC(CO)(CO)CO. The van der Waals surface area contributed by atoms with Gasteiger partial charge in [0.05, 0.1) is 25.2 Å². The minimum atomic E-state index is -1.23. The Bertz CT molecular complexity index is 326. The smallest absolute Gasteiger partial charge is 0.333 e. The van der Waals surface area contributed by atoms with E-state index in [1.165, 1.54) is 0 Å². The lowest BCUT2D eigenvalue weighted by molar-refractivity contribution is -0.147. The molecule has 0 amide bonds. The summed E-state index contributed by atoms with van der Waals surface area (Å²) in [6, 6.07) is 0. The molecule has 0 rings (SSSR count). The zero-order valence-corrected chi connectivity index (χ0v) is 11.8. The highest BCUT2D eigenvalue weighted by atomic mass is 16.5. The lowest BCUT2D eigenvalue weighted by Gasteiger charge is -2.27. The van der Waals surface area contributed by atoms with E-state index in [1.807, 2.05) is 0 Å². The summed E-state index contributed by atoms with van der Waals surface area (Å²) in [4.78, 5) is 11.9. The van der Waals surface area contributed by atoms with E-state index in [0.29, 0.717) is 12.8 Å².